The van der Waals surface area contributed by atoms with Crippen molar-refractivity contribution in [3.8, 4) is 34.5 Å². The summed E-state index contributed by atoms with van der Waals surface area (Å²) in [5.41, 5.74) is 4.18. The lowest BCUT2D eigenvalue weighted by atomic mass is 10.0. The molecule has 0 amide bonds. The Kier molecular flexibility index (Phi) is 6.51. The maximum atomic E-state index is 5.75. The van der Waals surface area contributed by atoms with E-state index in [-0.39, 0.29) is 0 Å². The fourth-order valence-electron chi connectivity index (χ4n) is 3.06. The fourth-order valence-corrected chi connectivity index (χ4v) is 3.06. The number of H-pyrrole nitrogens is 1. The third-order valence-electron chi connectivity index (χ3n) is 4.57. The molecule has 0 radical (unpaired) electrons. The lowest BCUT2D eigenvalue weighted by Crippen LogP contribution is -2.07. The molecule has 0 aliphatic rings. The molecule has 31 heavy (non-hydrogen) atoms. The van der Waals surface area contributed by atoms with E-state index in [1.54, 1.807) is 4.68 Å². The maximum Gasteiger partial charge on any atom is 0.338 e. The smallest absolute Gasteiger partial charge is 0.338 e. The Labute approximate surface area is 180 Å². The Balaban J connectivity index is 1.51. The largest absolute Gasteiger partial charge is 0.464 e. The van der Waals surface area contributed by atoms with Crippen LogP contribution in [0.5, 0.6) is 12.0 Å². The minimum atomic E-state index is 0.350. The molecule has 2 heterocycles. The molecule has 0 saturated heterocycles. The van der Waals surface area contributed by atoms with Crippen LogP contribution in [0.4, 0.5) is 0 Å². The van der Waals surface area contributed by atoms with Gasteiger partial charge in [-0.2, -0.15) is 5.21 Å². The summed E-state index contributed by atoms with van der Waals surface area (Å²) < 4.78 is 13.1. The number of benzene rings is 2. The van der Waals surface area contributed by atoms with Crippen LogP contribution >= 0.6 is 0 Å². The first-order chi connectivity index (χ1) is 15.3. The van der Waals surface area contributed by atoms with Crippen molar-refractivity contribution in [1.82, 2.24) is 35.4 Å². The topological polar surface area (TPSA) is 104 Å². The summed E-state index contributed by atoms with van der Waals surface area (Å²) in [7, 11) is 0. The molecule has 0 bridgehead atoms. The first-order valence-electron chi connectivity index (χ1n) is 10.4. The van der Waals surface area contributed by atoms with E-state index in [9.17, 15) is 0 Å². The molecule has 0 aliphatic carbocycles. The Morgan fingerprint density at radius 1 is 0.903 bits per heavy atom. The van der Waals surface area contributed by atoms with Crippen LogP contribution in [0, 0.1) is 0 Å². The van der Waals surface area contributed by atoms with Crippen molar-refractivity contribution in [1.29, 1.82) is 0 Å². The number of hydrogen-bond donors (Lipinski definition) is 1. The lowest BCUT2D eigenvalue weighted by molar-refractivity contribution is 0.273. The molecule has 2 aromatic heterocycles. The van der Waals surface area contributed by atoms with Gasteiger partial charge in [-0.15, -0.1) is 20.3 Å². The Morgan fingerprint density at radius 2 is 1.68 bits per heavy atom. The number of aromatic nitrogens is 7. The van der Waals surface area contributed by atoms with Crippen LogP contribution in [-0.4, -0.2) is 48.6 Å². The van der Waals surface area contributed by atoms with Crippen LogP contribution in [0.2, 0.25) is 0 Å². The third kappa shape index (κ3) is 5.06. The molecule has 0 spiro atoms. The second-order valence-electron chi connectivity index (χ2n) is 7.04. The number of rotatable bonds is 10. The molecule has 2 aromatic carbocycles. The van der Waals surface area contributed by atoms with Crippen molar-refractivity contribution in [2.24, 2.45) is 0 Å². The molecule has 9 nitrogen and oxygen atoms in total. The van der Waals surface area contributed by atoms with Gasteiger partial charge in [-0.1, -0.05) is 56.3 Å². The molecule has 0 unspecified atom stereocenters. The molecule has 0 atom stereocenters. The van der Waals surface area contributed by atoms with E-state index in [4.69, 9.17) is 9.47 Å². The third-order valence-corrected chi connectivity index (χ3v) is 4.57. The highest BCUT2D eigenvalue weighted by atomic mass is 16.5. The fraction of sp³-hybridized carbons (Fsp3) is 0.318. The summed E-state index contributed by atoms with van der Waals surface area (Å²) in [4.78, 5) is 4.37. The predicted octanol–water partition coefficient (Wildman–Crippen LogP) is 3.75. The summed E-state index contributed by atoms with van der Waals surface area (Å²) >= 11 is 0. The van der Waals surface area contributed by atoms with E-state index in [0.29, 0.717) is 37.6 Å². The number of hydrogen-bond acceptors (Lipinski definition) is 7. The van der Waals surface area contributed by atoms with Gasteiger partial charge in [-0.05, 0) is 40.8 Å². The quantitative estimate of drug-likeness (QED) is 0.417. The van der Waals surface area contributed by atoms with E-state index in [1.165, 1.54) is 0 Å². The Morgan fingerprint density at radius 3 is 2.42 bits per heavy atom. The lowest BCUT2D eigenvalue weighted by Gasteiger charge is -2.08. The van der Waals surface area contributed by atoms with Gasteiger partial charge in [0.1, 0.15) is 0 Å². The first kappa shape index (κ1) is 20.5. The van der Waals surface area contributed by atoms with Gasteiger partial charge >= 0.3 is 12.0 Å². The van der Waals surface area contributed by atoms with Gasteiger partial charge in [0.25, 0.3) is 0 Å². The average Bonchev–Trinajstić information content (AvgIpc) is 3.47. The summed E-state index contributed by atoms with van der Waals surface area (Å²) in [5, 5.41) is 18.7. The first-order valence-corrected chi connectivity index (χ1v) is 10.4. The SMILES string of the molecule is CCCOc1nc(OCCC)n(Cc2ccc(-c3cccc(-c4nn[nH]n4)c3)cc2)n1. The molecule has 0 aliphatic heterocycles. The van der Waals surface area contributed by atoms with Gasteiger partial charge in [-0.3, -0.25) is 0 Å². The molecule has 0 saturated carbocycles. The van der Waals surface area contributed by atoms with Crippen LogP contribution < -0.4 is 9.47 Å². The zero-order valence-corrected chi connectivity index (χ0v) is 17.7. The molecule has 4 aromatic rings. The van der Waals surface area contributed by atoms with Crippen molar-refractivity contribution < 1.29 is 9.47 Å². The molecule has 0 fully saturated rings. The number of aromatic amines is 1. The van der Waals surface area contributed by atoms with E-state index in [1.807, 2.05) is 25.1 Å². The van der Waals surface area contributed by atoms with Crippen LogP contribution in [0.15, 0.2) is 48.5 Å². The summed E-state index contributed by atoms with van der Waals surface area (Å²) in [6, 6.07) is 17.2. The highest BCUT2D eigenvalue weighted by molar-refractivity contribution is 5.70. The second kappa shape index (κ2) is 9.84. The predicted molar refractivity (Wildman–Crippen MR) is 116 cm³/mol. The number of nitrogens with zero attached hydrogens (tertiary/aromatic N) is 6. The summed E-state index contributed by atoms with van der Waals surface area (Å²) in [6.45, 7) is 5.81. The van der Waals surface area contributed by atoms with Crippen LogP contribution in [0.25, 0.3) is 22.5 Å². The van der Waals surface area contributed by atoms with Gasteiger partial charge in [0.05, 0.1) is 19.8 Å². The van der Waals surface area contributed by atoms with Crippen molar-refractivity contribution in [2.75, 3.05) is 13.2 Å². The minimum Gasteiger partial charge on any atom is -0.464 e. The molecule has 4 rings (SSSR count). The zero-order valence-electron chi connectivity index (χ0n) is 17.7. The number of tetrazole rings is 1. The molecular formula is C22H25N7O2. The highest BCUT2D eigenvalue weighted by Crippen LogP contribution is 2.25. The maximum absolute atomic E-state index is 5.75. The highest BCUT2D eigenvalue weighted by Gasteiger charge is 2.13. The van der Waals surface area contributed by atoms with E-state index < -0.39 is 0 Å². The number of ether oxygens (including phenoxy) is 2. The van der Waals surface area contributed by atoms with Crippen molar-refractivity contribution in [3.05, 3.63) is 54.1 Å². The van der Waals surface area contributed by atoms with Gasteiger partial charge in [-0.25, -0.2) is 4.68 Å². The van der Waals surface area contributed by atoms with Crippen LogP contribution in [0.1, 0.15) is 32.3 Å². The zero-order chi connectivity index (χ0) is 21.5. The molecule has 160 valence electrons. The van der Waals surface area contributed by atoms with Gasteiger partial charge in [0.2, 0.25) is 5.82 Å². The van der Waals surface area contributed by atoms with E-state index in [0.717, 1.165) is 35.1 Å². The minimum absolute atomic E-state index is 0.350. The Hall–Kier alpha value is -3.75. The van der Waals surface area contributed by atoms with E-state index in [2.05, 4.69) is 68.0 Å². The van der Waals surface area contributed by atoms with Crippen LogP contribution in [0.3, 0.4) is 0 Å². The monoisotopic (exact) mass is 419 g/mol. The normalized spacial score (nSPS) is 10.9. The number of nitrogens with one attached hydrogen (secondary N) is 1. The van der Waals surface area contributed by atoms with E-state index >= 15 is 0 Å². The standard InChI is InChI=1S/C22H25N7O2/c1-3-12-30-21-23-22(31-13-4-2)29(26-21)15-16-8-10-17(11-9-16)18-6-5-7-19(14-18)20-24-27-28-25-20/h5-11,14H,3-4,12-13,15H2,1-2H3,(H,24,25,27,28). The van der Waals surface area contributed by atoms with Gasteiger partial charge < -0.3 is 9.47 Å². The van der Waals surface area contributed by atoms with Gasteiger partial charge in [0, 0.05) is 5.56 Å². The van der Waals surface area contributed by atoms with Crippen LogP contribution in [-0.2, 0) is 6.54 Å². The second-order valence-corrected chi connectivity index (χ2v) is 7.04. The summed E-state index contributed by atoms with van der Waals surface area (Å²) in [6.07, 6.45) is 1.80. The average molecular weight is 419 g/mol. The van der Waals surface area contributed by atoms with Crippen molar-refractivity contribution >= 4 is 0 Å². The van der Waals surface area contributed by atoms with Crippen molar-refractivity contribution in [2.45, 2.75) is 33.2 Å². The molecule has 1 N–H and O–H groups in total. The molecular weight excluding hydrogens is 394 g/mol. The summed E-state index contributed by atoms with van der Waals surface area (Å²) in [5.74, 6) is 0.574. The van der Waals surface area contributed by atoms with Crippen molar-refractivity contribution in [3.63, 3.8) is 0 Å². The Bertz CT molecular complexity index is 1090. The molecule has 9 heteroatoms. The van der Waals surface area contributed by atoms with Gasteiger partial charge in [0.15, 0.2) is 0 Å².